The Balaban J connectivity index is 1.62. The topological polar surface area (TPSA) is 58.6 Å². The van der Waals surface area contributed by atoms with E-state index in [0.717, 1.165) is 42.4 Å². The highest BCUT2D eigenvalue weighted by Crippen LogP contribution is 2.24. The summed E-state index contributed by atoms with van der Waals surface area (Å²) < 4.78 is 5.85. The Hall–Kier alpha value is -3.02. The van der Waals surface area contributed by atoms with Crippen molar-refractivity contribution < 1.29 is 14.3 Å². The lowest BCUT2D eigenvalue weighted by molar-refractivity contribution is -0.143. The molecule has 1 unspecified atom stereocenters. The number of ether oxygens (including phenoxy) is 1. The third-order valence-electron chi connectivity index (χ3n) is 6.76. The number of aryl methyl sites for hydroxylation is 1. The number of hydrogen-bond acceptors (Lipinski definition) is 3. The van der Waals surface area contributed by atoms with Gasteiger partial charge in [-0.25, -0.2) is 0 Å². The molecule has 1 saturated carbocycles. The molecule has 4 rings (SSSR count). The van der Waals surface area contributed by atoms with Crippen molar-refractivity contribution in [2.45, 2.75) is 57.7 Å². The van der Waals surface area contributed by atoms with E-state index in [9.17, 15) is 9.59 Å². The maximum absolute atomic E-state index is 13.7. The summed E-state index contributed by atoms with van der Waals surface area (Å²) in [5.74, 6) is 0.0940. The van der Waals surface area contributed by atoms with E-state index in [1.165, 1.54) is 0 Å². The van der Waals surface area contributed by atoms with E-state index in [2.05, 4.69) is 5.32 Å². The monoisotopic (exact) mass is 538 g/mol. The van der Waals surface area contributed by atoms with Crippen LogP contribution < -0.4 is 10.1 Å². The van der Waals surface area contributed by atoms with Crippen LogP contribution in [-0.2, 0) is 22.6 Å². The van der Waals surface area contributed by atoms with Gasteiger partial charge < -0.3 is 15.0 Å². The Bertz CT molecular complexity index is 1210. The fourth-order valence-corrected chi connectivity index (χ4v) is 4.98. The molecule has 0 bridgehead atoms. The van der Waals surface area contributed by atoms with Gasteiger partial charge in [-0.2, -0.15) is 0 Å². The molecule has 1 N–H and O–H groups in total. The molecule has 194 valence electrons. The van der Waals surface area contributed by atoms with E-state index in [1.807, 2.05) is 55.5 Å². The van der Waals surface area contributed by atoms with Gasteiger partial charge in [0.05, 0.1) is 0 Å². The van der Waals surface area contributed by atoms with Crippen molar-refractivity contribution in [2.75, 3.05) is 6.61 Å². The van der Waals surface area contributed by atoms with E-state index >= 15 is 0 Å². The molecule has 3 aromatic rings. The normalized spacial score (nSPS) is 14.2. The first-order valence-corrected chi connectivity index (χ1v) is 13.4. The van der Waals surface area contributed by atoms with Crippen LogP contribution in [0.2, 0.25) is 10.0 Å². The summed E-state index contributed by atoms with van der Waals surface area (Å²) in [6, 6.07) is 21.8. The Morgan fingerprint density at radius 1 is 0.973 bits per heavy atom. The van der Waals surface area contributed by atoms with E-state index in [1.54, 1.807) is 29.2 Å². The average Bonchev–Trinajstić information content (AvgIpc) is 3.41. The quantitative estimate of drug-likeness (QED) is 0.325. The minimum atomic E-state index is -0.720. The van der Waals surface area contributed by atoms with E-state index in [4.69, 9.17) is 27.9 Å². The number of carbonyl (C=O) groups is 2. The van der Waals surface area contributed by atoms with E-state index in [0.29, 0.717) is 22.2 Å². The number of hydrogen-bond donors (Lipinski definition) is 1. The Kier molecular flexibility index (Phi) is 9.48. The molecule has 1 fully saturated rings. The summed E-state index contributed by atoms with van der Waals surface area (Å²) in [7, 11) is 0. The molecule has 3 aromatic carbocycles. The zero-order valence-electron chi connectivity index (χ0n) is 21.0. The van der Waals surface area contributed by atoms with Gasteiger partial charge in [-0.3, -0.25) is 9.59 Å². The summed E-state index contributed by atoms with van der Waals surface area (Å²) in [5, 5.41) is 4.38. The molecule has 0 aliphatic heterocycles. The number of rotatable bonds is 10. The SMILES string of the molecule is Cc1cc(OCC(=O)N(Cc2ccccc2Cl)C(Cc2ccccc2)C(=O)NC2CCCC2)ccc1Cl. The standard InChI is InChI=1S/C30H32Cl2N2O3/c1-21-17-25(15-16-26(21)31)37-20-29(35)34(19-23-11-5-8-14-27(23)32)28(18-22-9-3-2-4-10-22)30(36)33-24-12-6-7-13-24/h2-5,8-11,14-17,24,28H,6-7,12-13,18-20H2,1H3,(H,33,36). The number of nitrogens with one attached hydrogen (secondary N) is 1. The molecule has 0 heterocycles. The molecule has 1 atom stereocenters. The van der Waals surface area contributed by atoms with Crippen molar-refractivity contribution >= 4 is 35.0 Å². The van der Waals surface area contributed by atoms with Crippen LogP contribution in [0, 0.1) is 6.92 Å². The smallest absolute Gasteiger partial charge is 0.261 e. The summed E-state index contributed by atoms with van der Waals surface area (Å²) in [6.45, 7) is 1.86. The van der Waals surface area contributed by atoms with Crippen LogP contribution in [-0.4, -0.2) is 35.4 Å². The number of amides is 2. The second-order valence-electron chi connectivity index (χ2n) is 9.51. The second-order valence-corrected chi connectivity index (χ2v) is 10.3. The van der Waals surface area contributed by atoms with Crippen LogP contribution in [0.5, 0.6) is 5.75 Å². The van der Waals surface area contributed by atoms with Crippen LogP contribution in [0.25, 0.3) is 0 Å². The summed E-state index contributed by atoms with van der Waals surface area (Å²) in [4.78, 5) is 29.0. The predicted molar refractivity (Wildman–Crippen MR) is 148 cm³/mol. The van der Waals surface area contributed by atoms with Gasteiger partial charge in [0.25, 0.3) is 5.91 Å². The molecule has 0 spiro atoms. The summed E-state index contributed by atoms with van der Waals surface area (Å²) in [6.07, 6.45) is 4.51. The van der Waals surface area contributed by atoms with Gasteiger partial charge in [0.15, 0.2) is 6.61 Å². The number of nitrogens with zero attached hydrogens (tertiary/aromatic N) is 1. The predicted octanol–water partition coefficient (Wildman–Crippen LogP) is 6.38. The lowest BCUT2D eigenvalue weighted by Gasteiger charge is -2.32. The first-order chi connectivity index (χ1) is 17.9. The Morgan fingerprint density at radius 3 is 2.38 bits per heavy atom. The van der Waals surface area contributed by atoms with Gasteiger partial charge >= 0.3 is 0 Å². The van der Waals surface area contributed by atoms with Crippen molar-refractivity contribution in [3.8, 4) is 5.75 Å². The molecule has 0 saturated heterocycles. The second kappa shape index (κ2) is 13.0. The van der Waals surface area contributed by atoms with Gasteiger partial charge in [-0.1, -0.05) is 84.6 Å². The molecular weight excluding hydrogens is 507 g/mol. The Morgan fingerprint density at radius 2 is 1.68 bits per heavy atom. The number of halogens is 2. The van der Waals surface area contributed by atoms with Crippen LogP contribution in [0.1, 0.15) is 42.4 Å². The molecule has 2 amide bonds. The van der Waals surface area contributed by atoms with Gasteiger partial charge in [0, 0.05) is 29.1 Å². The first kappa shape index (κ1) is 27.0. The highest BCUT2D eigenvalue weighted by atomic mass is 35.5. The summed E-state index contributed by atoms with van der Waals surface area (Å²) >= 11 is 12.6. The molecule has 1 aliphatic rings. The minimum Gasteiger partial charge on any atom is -0.484 e. The fraction of sp³-hybridized carbons (Fsp3) is 0.333. The van der Waals surface area contributed by atoms with Crippen molar-refractivity contribution in [3.63, 3.8) is 0 Å². The zero-order chi connectivity index (χ0) is 26.2. The lowest BCUT2D eigenvalue weighted by Crippen LogP contribution is -2.53. The first-order valence-electron chi connectivity index (χ1n) is 12.7. The van der Waals surface area contributed by atoms with Crippen LogP contribution in [0.15, 0.2) is 72.8 Å². The summed E-state index contributed by atoms with van der Waals surface area (Å²) in [5.41, 5.74) is 2.60. The molecular formula is C30H32Cl2N2O3. The van der Waals surface area contributed by atoms with Gasteiger partial charge in [0.1, 0.15) is 11.8 Å². The fourth-order valence-electron chi connectivity index (χ4n) is 4.67. The van der Waals surface area contributed by atoms with Gasteiger partial charge in [-0.05, 0) is 60.7 Å². The molecule has 37 heavy (non-hydrogen) atoms. The van der Waals surface area contributed by atoms with Crippen LogP contribution in [0.4, 0.5) is 0 Å². The highest BCUT2D eigenvalue weighted by Gasteiger charge is 2.32. The highest BCUT2D eigenvalue weighted by molar-refractivity contribution is 6.31. The van der Waals surface area contributed by atoms with E-state index < -0.39 is 6.04 Å². The van der Waals surface area contributed by atoms with Gasteiger partial charge in [0.2, 0.25) is 5.91 Å². The van der Waals surface area contributed by atoms with Gasteiger partial charge in [-0.15, -0.1) is 0 Å². The molecule has 7 heteroatoms. The maximum atomic E-state index is 13.7. The van der Waals surface area contributed by atoms with Crippen molar-refractivity contribution in [1.29, 1.82) is 0 Å². The largest absolute Gasteiger partial charge is 0.484 e. The minimum absolute atomic E-state index is 0.135. The zero-order valence-corrected chi connectivity index (χ0v) is 22.5. The third kappa shape index (κ3) is 7.50. The molecule has 0 aromatic heterocycles. The maximum Gasteiger partial charge on any atom is 0.261 e. The van der Waals surface area contributed by atoms with Crippen molar-refractivity contribution in [3.05, 3.63) is 99.5 Å². The lowest BCUT2D eigenvalue weighted by atomic mass is 10.0. The van der Waals surface area contributed by atoms with Crippen molar-refractivity contribution in [1.82, 2.24) is 10.2 Å². The average molecular weight is 540 g/mol. The van der Waals surface area contributed by atoms with E-state index in [-0.39, 0.29) is 31.0 Å². The molecule has 1 aliphatic carbocycles. The Labute approximate surface area is 228 Å². The van der Waals surface area contributed by atoms with Crippen LogP contribution in [0.3, 0.4) is 0 Å². The molecule has 5 nitrogen and oxygen atoms in total. The number of benzene rings is 3. The van der Waals surface area contributed by atoms with Crippen molar-refractivity contribution in [2.24, 2.45) is 0 Å². The number of carbonyl (C=O) groups excluding carboxylic acids is 2. The third-order valence-corrected chi connectivity index (χ3v) is 7.56. The molecule has 0 radical (unpaired) electrons. The van der Waals surface area contributed by atoms with Crippen LogP contribution >= 0.6 is 23.2 Å².